The van der Waals surface area contributed by atoms with Crippen LogP contribution in [0.2, 0.25) is 0 Å². The second-order valence-corrected chi connectivity index (χ2v) is 27.8. The van der Waals surface area contributed by atoms with Crippen LogP contribution in [0.25, 0.3) is 203 Å². The maximum Gasteiger partial charge on any atom is 0.416 e. The normalized spacial score (nSPS) is 11.6. The highest BCUT2D eigenvalue weighted by molar-refractivity contribution is 6.14. The summed E-state index contributed by atoms with van der Waals surface area (Å²) in [7, 11) is 0. The molecule has 0 aliphatic carbocycles. The molecule has 0 saturated heterocycles. The number of alkyl halides is 3. The zero-order chi connectivity index (χ0) is 77.8. The van der Waals surface area contributed by atoms with E-state index in [1.165, 1.54) is 12.1 Å². The molecular formula is C98H58F3N15. The second kappa shape index (κ2) is 29.0. The van der Waals surface area contributed by atoms with Crippen LogP contribution in [0.15, 0.2) is 352 Å². The summed E-state index contributed by atoms with van der Waals surface area (Å²) in [5.74, 6) is 4.52. The van der Waals surface area contributed by atoms with Gasteiger partial charge in [0.15, 0.2) is 69.9 Å². The summed E-state index contributed by atoms with van der Waals surface area (Å²) < 4.78 is 55.8. The van der Waals surface area contributed by atoms with Gasteiger partial charge in [-0.2, -0.15) is 18.4 Å². The second-order valence-electron chi connectivity index (χ2n) is 27.8. The largest absolute Gasteiger partial charge is 0.416 e. The summed E-state index contributed by atoms with van der Waals surface area (Å²) >= 11 is 0. The van der Waals surface area contributed by atoms with Gasteiger partial charge in [-0.05, 0) is 54.1 Å². The van der Waals surface area contributed by atoms with Gasteiger partial charge in [0.1, 0.15) is 0 Å². The number of nitriles is 1. The molecule has 20 rings (SSSR count). The van der Waals surface area contributed by atoms with Crippen molar-refractivity contribution in [3.05, 3.63) is 363 Å². The van der Waals surface area contributed by atoms with Gasteiger partial charge in [0.2, 0.25) is 0 Å². The van der Waals surface area contributed by atoms with Crippen molar-refractivity contribution in [3.63, 3.8) is 0 Å². The molecule has 20 aromatic rings. The maximum absolute atomic E-state index is 17.4. The first-order valence-corrected chi connectivity index (χ1v) is 37.5. The van der Waals surface area contributed by atoms with Gasteiger partial charge in [0, 0.05) is 93.9 Å². The summed E-state index contributed by atoms with van der Waals surface area (Å²) in [6.45, 7) is 0. The highest BCUT2D eigenvalue weighted by Gasteiger charge is 2.35. The molecule has 546 valence electrons. The Kier molecular flexibility index (Phi) is 17.3. The van der Waals surface area contributed by atoms with Crippen molar-refractivity contribution >= 4 is 43.6 Å². The lowest BCUT2D eigenvalue weighted by molar-refractivity contribution is -0.137. The quantitative estimate of drug-likeness (QED) is 0.0944. The summed E-state index contributed by atoms with van der Waals surface area (Å²) in [6.07, 6.45) is -5.01. The average molecular weight is 1500 g/mol. The van der Waals surface area contributed by atoms with Crippen molar-refractivity contribution in [2.45, 2.75) is 6.18 Å². The molecule has 14 aromatic carbocycles. The molecule has 0 aliphatic rings. The van der Waals surface area contributed by atoms with Crippen molar-refractivity contribution in [2.24, 2.45) is 0 Å². The molecule has 6 aromatic heterocycles. The zero-order valence-corrected chi connectivity index (χ0v) is 61.3. The van der Waals surface area contributed by atoms with E-state index in [9.17, 15) is 5.26 Å². The van der Waals surface area contributed by atoms with E-state index in [0.717, 1.165) is 44.5 Å². The predicted molar refractivity (Wildman–Crippen MR) is 449 cm³/mol. The van der Waals surface area contributed by atoms with Gasteiger partial charge in [-0.25, -0.2) is 59.8 Å². The van der Waals surface area contributed by atoms with Crippen LogP contribution in [-0.2, 0) is 6.18 Å². The number of aromatic nitrogens is 14. The molecule has 0 amide bonds. The Morgan fingerprint density at radius 2 is 0.422 bits per heavy atom. The van der Waals surface area contributed by atoms with Gasteiger partial charge in [-0.15, -0.1) is 0 Å². The lowest BCUT2D eigenvalue weighted by Crippen LogP contribution is -2.11. The minimum Gasteiger partial charge on any atom is -0.308 e. The first-order chi connectivity index (χ1) is 57.0. The highest BCUT2D eigenvalue weighted by Crippen LogP contribution is 2.48. The van der Waals surface area contributed by atoms with E-state index >= 15 is 13.2 Å². The van der Waals surface area contributed by atoms with Crippen molar-refractivity contribution in [1.29, 1.82) is 5.26 Å². The third-order valence-corrected chi connectivity index (χ3v) is 20.6. The molecule has 0 fully saturated rings. The van der Waals surface area contributed by atoms with E-state index in [1.54, 1.807) is 18.2 Å². The Bertz CT molecular complexity index is 6240. The fourth-order valence-corrected chi connectivity index (χ4v) is 15.0. The number of fused-ring (bicyclic) bond motifs is 6. The van der Waals surface area contributed by atoms with E-state index in [1.807, 2.05) is 331 Å². The number of rotatable bonds is 15. The van der Waals surface area contributed by atoms with Crippen LogP contribution >= 0.6 is 0 Å². The number of nitrogens with zero attached hydrogens (tertiary/aromatic N) is 15. The lowest BCUT2D eigenvalue weighted by atomic mass is 9.96. The maximum atomic E-state index is 17.4. The molecule has 0 radical (unpaired) electrons. The van der Waals surface area contributed by atoms with Crippen LogP contribution in [0, 0.1) is 11.3 Å². The SMILES string of the molecule is N#Cc1cccc(-c2c(-n3c4cc(-c5nc(-c6ccccc6)nc(-c6ccccc6)n5)ccc4c4ccc(-c5nc(-c6ccccc6)nc(-c6ccccc6)n5)cc43)cc(C(F)(F)F)cc2-n2c3cc(-c4nc(-c5ccccc5)nc(-c5ccccc5)n4)ccc3c3ccc(-c4nc(-c5ccccc5)nc(-c5ccccc5)n4)cc32)c1. The molecule has 0 aliphatic heterocycles. The first-order valence-electron chi connectivity index (χ1n) is 37.5. The van der Waals surface area contributed by atoms with Crippen LogP contribution < -0.4 is 0 Å². The molecular weight excluding hydrogens is 1440 g/mol. The molecule has 0 N–H and O–H groups in total. The molecule has 0 bridgehead atoms. The zero-order valence-electron chi connectivity index (χ0n) is 61.3. The molecule has 0 saturated carbocycles. The van der Waals surface area contributed by atoms with Gasteiger partial charge >= 0.3 is 6.18 Å². The first kappa shape index (κ1) is 69.2. The van der Waals surface area contributed by atoms with E-state index in [-0.39, 0.29) is 16.9 Å². The molecule has 15 nitrogen and oxygen atoms in total. The fraction of sp³-hybridized carbons (Fsp3) is 0.0102. The Morgan fingerprint density at radius 1 is 0.216 bits per heavy atom. The average Bonchev–Trinajstić information content (AvgIpc) is 1.54. The Morgan fingerprint density at radius 3 is 0.629 bits per heavy atom. The molecule has 6 heterocycles. The number of hydrogen-bond acceptors (Lipinski definition) is 13. The van der Waals surface area contributed by atoms with Gasteiger partial charge in [-0.3, -0.25) is 0 Å². The van der Waals surface area contributed by atoms with Crippen molar-refractivity contribution in [3.8, 4) is 165 Å². The Hall–Kier alpha value is -16.0. The number of hydrogen-bond donors (Lipinski definition) is 0. The summed E-state index contributed by atoms with van der Waals surface area (Å²) in [6, 6.07) is 112. The van der Waals surface area contributed by atoms with Gasteiger partial charge < -0.3 is 9.13 Å². The third-order valence-electron chi connectivity index (χ3n) is 20.6. The van der Waals surface area contributed by atoms with E-state index in [4.69, 9.17) is 59.8 Å². The van der Waals surface area contributed by atoms with Crippen molar-refractivity contribution < 1.29 is 13.2 Å². The molecule has 18 heteroatoms. The van der Waals surface area contributed by atoms with Crippen LogP contribution in [0.3, 0.4) is 0 Å². The number of benzene rings is 14. The molecule has 0 unspecified atom stereocenters. The Labute approximate surface area is 661 Å². The topological polar surface area (TPSA) is 188 Å². The summed E-state index contributed by atoms with van der Waals surface area (Å²) in [5, 5.41) is 13.7. The summed E-state index contributed by atoms with van der Waals surface area (Å²) in [4.78, 5) is 61.7. The van der Waals surface area contributed by atoms with Crippen LogP contribution in [0.4, 0.5) is 13.2 Å². The van der Waals surface area contributed by atoms with Crippen molar-refractivity contribution in [2.75, 3.05) is 0 Å². The minimum atomic E-state index is -5.01. The van der Waals surface area contributed by atoms with Gasteiger partial charge in [-0.1, -0.05) is 303 Å². The summed E-state index contributed by atoms with van der Waals surface area (Å²) in [5.41, 5.74) is 10.2. The van der Waals surface area contributed by atoms with E-state index in [2.05, 4.69) is 6.07 Å². The van der Waals surface area contributed by atoms with E-state index in [0.29, 0.717) is 147 Å². The van der Waals surface area contributed by atoms with Crippen molar-refractivity contribution in [1.82, 2.24) is 68.9 Å². The van der Waals surface area contributed by atoms with Crippen LogP contribution in [-0.4, -0.2) is 68.9 Å². The molecule has 0 atom stereocenters. The number of halogens is 3. The Balaban J connectivity index is 0.917. The highest BCUT2D eigenvalue weighted by atomic mass is 19.4. The minimum absolute atomic E-state index is 0.0904. The predicted octanol–water partition coefficient (Wildman–Crippen LogP) is 23.2. The molecule has 0 spiro atoms. The van der Waals surface area contributed by atoms with Gasteiger partial charge in [0.25, 0.3) is 0 Å². The fourth-order valence-electron chi connectivity index (χ4n) is 15.0. The van der Waals surface area contributed by atoms with Gasteiger partial charge in [0.05, 0.1) is 50.6 Å². The smallest absolute Gasteiger partial charge is 0.308 e. The van der Waals surface area contributed by atoms with Crippen LogP contribution in [0.5, 0.6) is 0 Å². The molecule has 116 heavy (non-hydrogen) atoms. The lowest BCUT2D eigenvalue weighted by Gasteiger charge is -2.23. The monoisotopic (exact) mass is 1500 g/mol. The third kappa shape index (κ3) is 13.0. The van der Waals surface area contributed by atoms with Crippen LogP contribution in [0.1, 0.15) is 11.1 Å². The standard InChI is InChI=1S/C98H58F3N15/c99-98(100,101)74-57-83(115-79-53-70(94-107-86(61-27-9-1-10-28-61)103-87(108-94)62-29-11-2-12-30-62)44-48-75(79)76-49-45-71(54-80(76)115)95-109-88(63-31-13-3-14-32-63)104-89(110-95)64-33-15-4-16-34-64)85(69-43-25-26-60(52-69)59-102)84(58-74)116-81-55-72(96-111-90(65-35-17-5-18-36-65)105-91(112-96)66-37-19-6-20-38-66)46-50-77(81)78-51-47-73(56-82(78)116)97-113-92(67-39-21-7-22-40-67)106-93(114-97)68-41-23-8-24-42-68/h1-58H. The van der Waals surface area contributed by atoms with E-state index < -0.39 is 11.7 Å².